The summed E-state index contributed by atoms with van der Waals surface area (Å²) >= 11 is 6.08. The molecule has 0 radical (unpaired) electrons. The molecule has 3 N–H and O–H groups in total. The van der Waals surface area contributed by atoms with Crippen LogP contribution >= 0.6 is 11.6 Å². The third-order valence-corrected chi connectivity index (χ3v) is 3.44. The van der Waals surface area contributed by atoms with Gasteiger partial charge in [0.15, 0.2) is 5.15 Å². The molecule has 2 aromatic rings. The number of anilines is 1. The Morgan fingerprint density at radius 3 is 2.46 bits per heavy atom. The SMILES string of the molecule is CC(C)(C)OC(=O)NC(Cc1cc(F)cc(F)c1)c1ncc(N)nc1Cl. The van der Waals surface area contributed by atoms with Crippen LogP contribution in [0.2, 0.25) is 5.15 Å². The van der Waals surface area contributed by atoms with Gasteiger partial charge in [0.1, 0.15) is 28.7 Å². The molecule has 140 valence electrons. The average Bonchev–Trinajstić information content (AvgIpc) is 2.43. The van der Waals surface area contributed by atoms with Crippen molar-refractivity contribution in [3.8, 4) is 0 Å². The number of ether oxygens (including phenoxy) is 1. The Morgan fingerprint density at radius 1 is 1.31 bits per heavy atom. The predicted molar refractivity (Wildman–Crippen MR) is 93.6 cm³/mol. The number of nitrogens with one attached hydrogen (secondary N) is 1. The first-order chi connectivity index (χ1) is 12.0. The number of carbonyl (C=O) groups is 1. The third-order valence-electron chi connectivity index (χ3n) is 3.16. The minimum Gasteiger partial charge on any atom is -0.444 e. The molecule has 1 amide bonds. The van der Waals surface area contributed by atoms with E-state index in [0.717, 1.165) is 18.2 Å². The van der Waals surface area contributed by atoms with E-state index < -0.39 is 29.4 Å². The summed E-state index contributed by atoms with van der Waals surface area (Å²) in [5, 5.41) is 2.58. The number of amides is 1. The number of nitrogens with zero attached hydrogens (tertiary/aromatic N) is 2. The normalized spacial score (nSPS) is 12.5. The zero-order chi connectivity index (χ0) is 19.5. The first-order valence-electron chi connectivity index (χ1n) is 7.76. The minimum absolute atomic E-state index is 0.0201. The van der Waals surface area contributed by atoms with Crippen molar-refractivity contribution in [2.24, 2.45) is 0 Å². The number of alkyl carbamates (subject to hydrolysis) is 1. The van der Waals surface area contributed by atoms with Crippen molar-refractivity contribution in [2.75, 3.05) is 5.73 Å². The quantitative estimate of drug-likeness (QED) is 0.836. The van der Waals surface area contributed by atoms with Crippen LogP contribution in [0.1, 0.15) is 38.1 Å². The van der Waals surface area contributed by atoms with Crippen molar-refractivity contribution >= 4 is 23.5 Å². The van der Waals surface area contributed by atoms with Crippen molar-refractivity contribution in [1.82, 2.24) is 15.3 Å². The maximum Gasteiger partial charge on any atom is 0.408 e. The average molecular weight is 385 g/mol. The van der Waals surface area contributed by atoms with Crippen LogP contribution in [0.15, 0.2) is 24.4 Å². The third kappa shape index (κ3) is 5.80. The highest BCUT2D eigenvalue weighted by Gasteiger charge is 2.24. The van der Waals surface area contributed by atoms with Crippen molar-refractivity contribution in [2.45, 2.75) is 38.8 Å². The summed E-state index contributed by atoms with van der Waals surface area (Å²) < 4.78 is 32.2. The molecule has 26 heavy (non-hydrogen) atoms. The van der Waals surface area contributed by atoms with Crippen LogP contribution in [0.25, 0.3) is 0 Å². The number of hydrogen-bond acceptors (Lipinski definition) is 5. The van der Waals surface area contributed by atoms with Gasteiger partial charge in [-0.05, 0) is 44.9 Å². The Balaban J connectivity index is 2.33. The van der Waals surface area contributed by atoms with E-state index in [1.165, 1.54) is 6.20 Å². The molecule has 0 aliphatic heterocycles. The molecule has 6 nitrogen and oxygen atoms in total. The van der Waals surface area contributed by atoms with Crippen molar-refractivity contribution in [3.05, 3.63) is 52.4 Å². The van der Waals surface area contributed by atoms with Crippen molar-refractivity contribution < 1.29 is 18.3 Å². The number of hydrogen-bond donors (Lipinski definition) is 2. The standard InChI is InChI=1S/C17H19ClF2N4O2/c1-17(2,3)26-16(25)23-12(14-15(18)24-13(21)8-22-14)6-9-4-10(19)7-11(20)5-9/h4-5,7-8,12H,6H2,1-3H3,(H2,21,24)(H,23,25). The van der Waals surface area contributed by atoms with Crippen LogP contribution in [0.5, 0.6) is 0 Å². The van der Waals surface area contributed by atoms with Crippen LogP contribution in [0.3, 0.4) is 0 Å². The summed E-state index contributed by atoms with van der Waals surface area (Å²) in [6.07, 6.45) is 0.567. The molecule has 9 heteroatoms. The molecule has 1 aromatic heterocycles. The number of carbonyl (C=O) groups excluding carboxylic acids is 1. The topological polar surface area (TPSA) is 90.1 Å². The van der Waals surface area contributed by atoms with Gasteiger partial charge in [0.05, 0.1) is 12.2 Å². The van der Waals surface area contributed by atoms with Crippen LogP contribution in [-0.2, 0) is 11.2 Å². The highest BCUT2D eigenvalue weighted by Crippen LogP contribution is 2.24. The van der Waals surface area contributed by atoms with Crippen molar-refractivity contribution in [1.29, 1.82) is 0 Å². The minimum atomic E-state index is -0.827. The molecule has 0 aliphatic carbocycles. The van der Waals surface area contributed by atoms with Gasteiger partial charge in [0.25, 0.3) is 0 Å². The molecule has 0 spiro atoms. The van der Waals surface area contributed by atoms with E-state index in [1.54, 1.807) is 20.8 Å². The monoisotopic (exact) mass is 384 g/mol. The lowest BCUT2D eigenvalue weighted by Crippen LogP contribution is -2.36. The zero-order valence-corrected chi connectivity index (χ0v) is 15.3. The Morgan fingerprint density at radius 2 is 1.92 bits per heavy atom. The smallest absolute Gasteiger partial charge is 0.408 e. The van der Waals surface area contributed by atoms with Gasteiger partial charge in [-0.25, -0.2) is 18.6 Å². The number of nitrogen functional groups attached to an aromatic ring is 1. The second kappa shape index (κ2) is 7.82. The zero-order valence-electron chi connectivity index (χ0n) is 14.5. The summed E-state index contributed by atoms with van der Waals surface area (Å²) in [4.78, 5) is 20.1. The fourth-order valence-electron chi connectivity index (χ4n) is 2.25. The largest absolute Gasteiger partial charge is 0.444 e. The van der Waals surface area contributed by atoms with Gasteiger partial charge in [-0.1, -0.05) is 11.6 Å². The van der Waals surface area contributed by atoms with Gasteiger partial charge in [0.2, 0.25) is 0 Å². The molecular weight excluding hydrogens is 366 g/mol. The summed E-state index contributed by atoms with van der Waals surface area (Å²) in [5.74, 6) is -1.36. The number of rotatable bonds is 4. The first kappa shape index (κ1) is 19.8. The molecule has 1 atom stereocenters. The lowest BCUT2D eigenvalue weighted by atomic mass is 10.0. The summed E-state index contributed by atoms with van der Waals surface area (Å²) in [5.41, 5.74) is 5.32. The van der Waals surface area contributed by atoms with Gasteiger partial charge in [0, 0.05) is 6.07 Å². The Hall–Kier alpha value is -2.48. The van der Waals surface area contributed by atoms with Gasteiger partial charge < -0.3 is 15.8 Å². The number of nitrogens with two attached hydrogens (primary N) is 1. The molecule has 1 unspecified atom stereocenters. The van der Waals surface area contributed by atoms with E-state index in [2.05, 4.69) is 15.3 Å². The summed E-state index contributed by atoms with van der Waals surface area (Å²) in [6, 6.07) is 2.25. The fourth-order valence-corrected chi connectivity index (χ4v) is 2.53. The van der Waals surface area contributed by atoms with E-state index in [0.29, 0.717) is 5.56 Å². The molecule has 0 saturated heterocycles. The van der Waals surface area contributed by atoms with Crippen LogP contribution in [-0.4, -0.2) is 21.7 Å². The lowest BCUT2D eigenvalue weighted by Gasteiger charge is -2.24. The number of halogens is 3. The van der Waals surface area contributed by atoms with Gasteiger partial charge in [-0.2, -0.15) is 0 Å². The molecule has 0 aliphatic rings. The van der Waals surface area contributed by atoms with E-state index >= 15 is 0 Å². The van der Waals surface area contributed by atoms with E-state index in [1.807, 2.05) is 0 Å². The fraction of sp³-hybridized carbons (Fsp3) is 0.353. The first-order valence-corrected chi connectivity index (χ1v) is 8.13. The van der Waals surface area contributed by atoms with Crippen LogP contribution in [0.4, 0.5) is 19.4 Å². The van der Waals surface area contributed by atoms with Gasteiger partial charge in [-0.15, -0.1) is 0 Å². The Bertz CT molecular complexity index is 792. The van der Waals surface area contributed by atoms with Crippen LogP contribution < -0.4 is 11.1 Å². The maximum absolute atomic E-state index is 13.5. The number of benzene rings is 1. The summed E-state index contributed by atoms with van der Waals surface area (Å²) in [6.45, 7) is 5.12. The second-order valence-corrected chi connectivity index (χ2v) is 7.01. The molecular formula is C17H19ClF2N4O2. The Labute approximate surface area is 154 Å². The van der Waals surface area contributed by atoms with E-state index in [9.17, 15) is 13.6 Å². The highest BCUT2D eigenvalue weighted by atomic mass is 35.5. The predicted octanol–water partition coefficient (Wildman–Crippen LogP) is 3.80. The molecule has 1 aromatic carbocycles. The molecule has 0 saturated carbocycles. The maximum atomic E-state index is 13.5. The summed E-state index contributed by atoms with van der Waals surface area (Å²) in [7, 11) is 0. The highest BCUT2D eigenvalue weighted by molar-refractivity contribution is 6.30. The van der Waals surface area contributed by atoms with Gasteiger partial charge in [-0.3, -0.25) is 4.98 Å². The molecule has 0 bridgehead atoms. The van der Waals surface area contributed by atoms with E-state index in [4.69, 9.17) is 22.1 Å². The lowest BCUT2D eigenvalue weighted by molar-refractivity contribution is 0.0502. The van der Waals surface area contributed by atoms with Crippen LogP contribution in [0, 0.1) is 11.6 Å². The van der Waals surface area contributed by atoms with Gasteiger partial charge >= 0.3 is 6.09 Å². The Kier molecular flexibility index (Phi) is 5.97. The number of aromatic nitrogens is 2. The molecule has 1 heterocycles. The van der Waals surface area contributed by atoms with Crippen molar-refractivity contribution in [3.63, 3.8) is 0 Å². The second-order valence-electron chi connectivity index (χ2n) is 6.65. The molecule has 0 fully saturated rings. The van der Waals surface area contributed by atoms with E-state index in [-0.39, 0.29) is 23.1 Å². The molecule has 2 rings (SSSR count).